The lowest BCUT2D eigenvalue weighted by atomic mass is 10.2. The highest BCUT2D eigenvalue weighted by Gasteiger charge is 1.88. The molecule has 10 heavy (non-hydrogen) atoms. The highest BCUT2D eigenvalue weighted by molar-refractivity contribution is 5.81. The maximum atomic E-state index is 8.27. The number of rotatable bonds is 3. The van der Waals surface area contributed by atoms with Crippen LogP contribution in [0.25, 0.3) is 0 Å². The van der Waals surface area contributed by atoms with Crippen LogP contribution in [0.1, 0.15) is 33.6 Å². The molecular weight excluding hydrogens is 126 g/mol. The zero-order valence-corrected chi connectivity index (χ0v) is 6.89. The summed E-state index contributed by atoms with van der Waals surface area (Å²) in [5.41, 5.74) is 2.10. The summed E-state index contributed by atoms with van der Waals surface area (Å²) >= 11 is 0. The first-order valence-corrected chi connectivity index (χ1v) is 3.47. The SMILES string of the molecule is CC(C)=CCCC(C)=NO. The van der Waals surface area contributed by atoms with Crippen LogP contribution in [-0.2, 0) is 0 Å². The Morgan fingerprint density at radius 2 is 2.00 bits per heavy atom. The van der Waals surface area contributed by atoms with E-state index in [1.165, 1.54) is 5.57 Å². The van der Waals surface area contributed by atoms with Crippen LogP contribution in [0, 0.1) is 0 Å². The van der Waals surface area contributed by atoms with Gasteiger partial charge < -0.3 is 5.21 Å². The van der Waals surface area contributed by atoms with Crippen LogP contribution >= 0.6 is 0 Å². The fourth-order valence-corrected chi connectivity index (χ4v) is 0.620. The van der Waals surface area contributed by atoms with E-state index in [4.69, 9.17) is 5.21 Å². The van der Waals surface area contributed by atoms with E-state index < -0.39 is 0 Å². The van der Waals surface area contributed by atoms with Crippen molar-refractivity contribution in [2.75, 3.05) is 0 Å². The molecule has 0 aromatic carbocycles. The number of hydrogen-bond donors (Lipinski definition) is 1. The molecule has 0 aliphatic rings. The molecule has 0 bridgehead atoms. The van der Waals surface area contributed by atoms with Crippen LogP contribution in [0.4, 0.5) is 0 Å². The molecule has 0 atom stereocenters. The smallest absolute Gasteiger partial charge is 0.0543 e. The van der Waals surface area contributed by atoms with Gasteiger partial charge in [-0.05, 0) is 33.6 Å². The molecule has 0 aromatic rings. The van der Waals surface area contributed by atoms with Crippen LogP contribution in [0.5, 0.6) is 0 Å². The quantitative estimate of drug-likeness (QED) is 0.278. The summed E-state index contributed by atoms with van der Waals surface area (Å²) in [4.78, 5) is 0. The van der Waals surface area contributed by atoms with E-state index in [2.05, 4.69) is 25.1 Å². The molecule has 2 heteroatoms. The van der Waals surface area contributed by atoms with Crippen molar-refractivity contribution in [3.63, 3.8) is 0 Å². The van der Waals surface area contributed by atoms with Crippen molar-refractivity contribution in [1.82, 2.24) is 0 Å². The Morgan fingerprint density at radius 1 is 1.40 bits per heavy atom. The molecule has 0 rings (SSSR count). The molecule has 0 fully saturated rings. The average Bonchev–Trinajstić information content (AvgIpc) is 1.87. The largest absolute Gasteiger partial charge is 0.411 e. The van der Waals surface area contributed by atoms with E-state index in [0.29, 0.717) is 0 Å². The van der Waals surface area contributed by atoms with Gasteiger partial charge in [0.25, 0.3) is 0 Å². The monoisotopic (exact) mass is 141 g/mol. The van der Waals surface area contributed by atoms with Gasteiger partial charge in [-0.25, -0.2) is 0 Å². The first-order chi connectivity index (χ1) is 4.66. The second-order valence-corrected chi connectivity index (χ2v) is 2.66. The van der Waals surface area contributed by atoms with E-state index in [1.807, 2.05) is 6.92 Å². The van der Waals surface area contributed by atoms with Crippen LogP contribution in [0.3, 0.4) is 0 Å². The highest BCUT2D eigenvalue weighted by Crippen LogP contribution is 1.98. The average molecular weight is 141 g/mol. The summed E-state index contributed by atoms with van der Waals surface area (Å²) in [5.74, 6) is 0. The second kappa shape index (κ2) is 5.03. The van der Waals surface area contributed by atoms with Gasteiger partial charge in [-0.1, -0.05) is 16.8 Å². The van der Waals surface area contributed by atoms with Gasteiger partial charge in [0.05, 0.1) is 5.71 Å². The van der Waals surface area contributed by atoms with E-state index >= 15 is 0 Å². The van der Waals surface area contributed by atoms with Crippen molar-refractivity contribution >= 4 is 5.71 Å². The van der Waals surface area contributed by atoms with Gasteiger partial charge in [-0.15, -0.1) is 0 Å². The second-order valence-electron chi connectivity index (χ2n) is 2.66. The predicted octanol–water partition coefficient (Wildman–Crippen LogP) is 2.58. The van der Waals surface area contributed by atoms with E-state index in [-0.39, 0.29) is 0 Å². The molecule has 0 radical (unpaired) electrons. The molecule has 2 nitrogen and oxygen atoms in total. The lowest BCUT2D eigenvalue weighted by Gasteiger charge is -1.92. The summed E-state index contributed by atoms with van der Waals surface area (Å²) < 4.78 is 0. The Balaban J connectivity index is 3.47. The van der Waals surface area contributed by atoms with Crippen molar-refractivity contribution in [2.45, 2.75) is 33.6 Å². The molecular formula is C8H15NO. The van der Waals surface area contributed by atoms with Crippen molar-refractivity contribution in [2.24, 2.45) is 5.16 Å². The van der Waals surface area contributed by atoms with Gasteiger partial charge >= 0.3 is 0 Å². The summed E-state index contributed by atoms with van der Waals surface area (Å²) in [6, 6.07) is 0. The topological polar surface area (TPSA) is 32.6 Å². The van der Waals surface area contributed by atoms with Crippen molar-refractivity contribution in [3.8, 4) is 0 Å². The van der Waals surface area contributed by atoms with Gasteiger partial charge in [0.15, 0.2) is 0 Å². The zero-order chi connectivity index (χ0) is 7.98. The van der Waals surface area contributed by atoms with E-state index in [1.54, 1.807) is 0 Å². The minimum atomic E-state index is 0.789. The Bertz CT molecular complexity index is 143. The van der Waals surface area contributed by atoms with Gasteiger partial charge in [0, 0.05) is 0 Å². The fraction of sp³-hybridized carbons (Fsp3) is 0.625. The summed E-state index contributed by atoms with van der Waals surface area (Å²) in [6.07, 6.45) is 3.95. The number of nitrogens with zero attached hydrogens (tertiary/aromatic N) is 1. The Kier molecular flexibility index (Phi) is 4.63. The molecule has 0 aliphatic heterocycles. The van der Waals surface area contributed by atoms with Crippen LogP contribution in [-0.4, -0.2) is 10.9 Å². The maximum Gasteiger partial charge on any atom is 0.0543 e. The molecule has 0 amide bonds. The van der Waals surface area contributed by atoms with E-state index in [0.717, 1.165) is 18.6 Å². The molecule has 58 valence electrons. The molecule has 0 spiro atoms. The molecule has 1 N–H and O–H groups in total. The first-order valence-electron chi connectivity index (χ1n) is 3.47. The summed E-state index contributed by atoms with van der Waals surface area (Å²) in [5, 5.41) is 11.3. The van der Waals surface area contributed by atoms with Crippen LogP contribution in [0.15, 0.2) is 16.8 Å². The number of hydrogen-bond acceptors (Lipinski definition) is 2. The molecule has 0 unspecified atom stereocenters. The molecule has 0 aromatic heterocycles. The number of oxime groups is 1. The van der Waals surface area contributed by atoms with Gasteiger partial charge in [-0.3, -0.25) is 0 Å². The number of allylic oxidation sites excluding steroid dienone is 2. The third-order valence-electron chi connectivity index (χ3n) is 1.23. The van der Waals surface area contributed by atoms with Crippen molar-refractivity contribution in [3.05, 3.63) is 11.6 Å². The summed E-state index contributed by atoms with van der Waals surface area (Å²) in [6.45, 7) is 5.94. The Labute approximate surface area is 62.2 Å². The maximum absolute atomic E-state index is 8.27. The van der Waals surface area contributed by atoms with Crippen LogP contribution in [0.2, 0.25) is 0 Å². The zero-order valence-electron chi connectivity index (χ0n) is 6.89. The Hall–Kier alpha value is -0.790. The minimum Gasteiger partial charge on any atom is -0.411 e. The van der Waals surface area contributed by atoms with Gasteiger partial charge in [-0.2, -0.15) is 0 Å². The lowest BCUT2D eigenvalue weighted by Crippen LogP contribution is -1.88. The van der Waals surface area contributed by atoms with Crippen LogP contribution < -0.4 is 0 Å². The normalized spacial score (nSPS) is 11.3. The van der Waals surface area contributed by atoms with Crippen molar-refractivity contribution < 1.29 is 5.21 Å². The van der Waals surface area contributed by atoms with Crippen molar-refractivity contribution in [1.29, 1.82) is 0 Å². The van der Waals surface area contributed by atoms with E-state index in [9.17, 15) is 0 Å². The highest BCUT2D eigenvalue weighted by atomic mass is 16.4. The minimum absolute atomic E-state index is 0.789. The fourth-order valence-electron chi connectivity index (χ4n) is 0.620. The summed E-state index contributed by atoms with van der Waals surface area (Å²) in [7, 11) is 0. The lowest BCUT2D eigenvalue weighted by molar-refractivity contribution is 0.317. The first kappa shape index (κ1) is 9.21. The third kappa shape index (κ3) is 5.35. The molecule has 0 saturated heterocycles. The molecule has 0 heterocycles. The standard InChI is InChI=1S/C8H15NO/c1-7(2)5-4-6-8(3)9-10/h5,10H,4,6H2,1-3H3. The Morgan fingerprint density at radius 3 is 2.40 bits per heavy atom. The predicted molar refractivity (Wildman–Crippen MR) is 43.6 cm³/mol. The molecule has 0 aliphatic carbocycles. The van der Waals surface area contributed by atoms with Gasteiger partial charge in [0.1, 0.15) is 0 Å². The molecule has 0 saturated carbocycles. The third-order valence-corrected chi connectivity index (χ3v) is 1.23. The van der Waals surface area contributed by atoms with Gasteiger partial charge in [0.2, 0.25) is 0 Å².